The molecule has 0 saturated carbocycles. The Morgan fingerprint density at radius 2 is 2.05 bits per heavy atom. The van der Waals surface area contributed by atoms with Crippen LogP contribution >= 0.6 is 27.3 Å². The maximum atomic E-state index is 12.4. The van der Waals surface area contributed by atoms with Crippen LogP contribution in [0.5, 0.6) is 0 Å². The highest BCUT2D eigenvalue weighted by molar-refractivity contribution is 9.10. The molecule has 3 N–H and O–H groups in total. The minimum Gasteiger partial charge on any atom is -0.365 e. The van der Waals surface area contributed by atoms with Crippen molar-refractivity contribution in [1.29, 1.82) is 0 Å². The number of carbonyl (C=O) groups excluding carboxylic acids is 2. The van der Waals surface area contributed by atoms with E-state index >= 15 is 0 Å². The van der Waals surface area contributed by atoms with Gasteiger partial charge in [0.2, 0.25) is 5.91 Å². The molecule has 0 radical (unpaired) electrons. The van der Waals surface area contributed by atoms with Crippen LogP contribution in [0.15, 0.2) is 10.7 Å². The van der Waals surface area contributed by atoms with E-state index in [1.807, 2.05) is 20.8 Å². The number of thiophene rings is 1. The lowest BCUT2D eigenvalue weighted by atomic mass is 10.1. The third kappa shape index (κ3) is 2.93. The molecular formula is C14H17BrN4O2S. The lowest BCUT2D eigenvalue weighted by Gasteiger charge is -2.14. The van der Waals surface area contributed by atoms with Gasteiger partial charge in [-0.15, -0.1) is 11.3 Å². The quantitative estimate of drug-likeness (QED) is 0.848. The Balaban J connectivity index is 2.28. The van der Waals surface area contributed by atoms with Crippen molar-refractivity contribution in [2.45, 2.75) is 33.7 Å². The van der Waals surface area contributed by atoms with Gasteiger partial charge in [-0.25, -0.2) is 0 Å². The summed E-state index contributed by atoms with van der Waals surface area (Å²) in [6.07, 6.45) is 1.65. The number of aromatic nitrogens is 2. The van der Waals surface area contributed by atoms with Gasteiger partial charge in [-0.2, -0.15) is 5.10 Å². The molecule has 0 aliphatic heterocycles. The van der Waals surface area contributed by atoms with E-state index in [0.29, 0.717) is 10.6 Å². The van der Waals surface area contributed by atoms with Crippen molar-refractivity contribution in [3.63, 3.8) is 0 Å². The van der Waals surface area contributed by atoms with Gasteiger partial charge in [0.15, 0.2) is 0 Å². The van der Waals surface area contributed by atoms with Gasteiger partial charge in [-0.1, -0.05) is 0 Å². The van der Waals surface area contributed by atoms with Crippen LogP contribution in [0, 0.1) is 20.8 Å². The number of hydrogen-bond acceptors (Lipinski definition) is 4. The molecule has 2 amide bonds. The maximum absolute atomic E-state index is 12.4. The third-order valence-electron chi connectivity index (χ3n) is 3.60. The molecule has 6 nitrogen and oxygen atoms in total. The Morgan fingerprint density at radius 3 is 2.55 bits per heavy atom. The van der Waals surface area contributed by atoms with Crippen molar-refractivity contribution in [1.82, 2.24) is 9.78 Å². The number of aryl methyl sites for hydroxylation is 1. The fraction of sp³-hybridized carbons (Fsp3) is 0.357. The summed E-state index contributed by atoms with van der Waals surface area (Å²) in [5.41, 5.74) is 7.45. The van der Waals surface area contributed by atoms with Gasteiger partial charge < -0.3 is 11.1 Å². The number of nitrogens with one attached hydrogen (secondary N) is 1. The highest BCUT2D eigenvalue weighted by Crippen LogP contribution is 2.32. The summed E-state index contributed by atoms with van der Waals surface area (Å²) in [5, 5.41) is 7.46. The van der Waals surface area contributed by atoms with E-state index in [1.54, 1.807) is 17.8 Å². The summed E-state index contributed by atoms with van der Waals surface area (Å²) in [6.45, 7) is 7.33. The van der Waals surface area contributed by atoms with Crippen molar-refractivity contribution in [2.24, 2.45) is 5.73 Å². The molecule has 0 aromatic carbocycles. The van der Waals surface area contributed by atoms with Gasteiger partial charge in [0.1, 0.15) is 11.0 Å². The van der Waals surface area contributed by atoms with Crippen LogP contribution in [-0.2, 0) is 4.79 Å². The van der Waals surface area contributed by atoms with Crippen LogP contribution in [0.25, 0.3) is 0 Å². The highest BCUT2D eigenvalue weighted by atomic mass is 79.9. The van der Waals surface area contributed by atoms with Crippen molar-refractivity contribution < 1.29 is 9.59 Å². The molecule has 0 fully saturated rings. The summed E-state index contributed by atoms with van der Waals surface area (Å²) >= 11 is 4.72. The molecule has 2 rings (SSSR count). The van der Waals surface area contributed by atoms with Crippen molar-refractivity contribution in [2.75, 3.05) is 5.32 Å². The predicted octanol–water partition coefficient (Wildman–Crippen LogP) is 2.93. The second-order valence-corrected chi connectivity index (χ2v) is 7.12. The van der Waals surface area contributed by atoms with Crippen molar-refractivity contribution >= 4 is 44.1 Å². The number of primary amides is 1. The van der Waals surface area contributed by atoms with Crippen LogP contribution in [0.1, 0.15) is 39.5 Å². The molecular weight excluding hydrogens is 368 g/mol. The van der Waals surface area contributed by atoms with Gasteiger partial charge in [0.05, 0.1) is 21.9 Å². The predicted molar refractivity (Wildman–Crippen MR) is 90.3 cm³/mol. The van der Waals surface area contributed by atoms with Gasteiger partial charge in [0.25, 0.3) is 5.91 Å². The van der Waals surface area contributed by atoms with E-state index in [1.165, 1.54) is 11.3 Å². The molecule has 22 heavy (non-hydrogen) atoms. The molecule has 8 heteroatoms. The largest absolute Gasteiger partial charge is 0.365 e. The number of rotatable bonds is 4. The highest BCUT2D eigenvalue weighted by Gasteiger charge is 2.23. The van der Waals surface area contributed by atoms with Crippen LogP contribution in [0.4, 0.5) is 5.00 Å². The standard InChI is InChI=1S/C14H17BrN4O2S/c1-6-9(4)22-14(11(6)12(16)20)18-13(21)8(3)19-7(2)10(15)5-17-19/h5,8H,1-4H3,(H2,16,20)(H,18,21)/t8-/m0/s1. The Hall–Kier alpha value is -1.67. The smallest absolute Gasteiger partial charge is 0.251 e. The zero-order valence-electron chi connectivity index (χ0n) is 12.7. The molecule has 0 saturated heterocycles. The fourth-order valence-electron chi connectivity index (χ4n) is 2.13. The molecule has 0 aliphatic rings. The average Bonchev–Trinajstić information content (AvgIpc) is 2.90. The average molecular weight is 385 g/mol. The second-order valence-electron chi connectivity index (χ2n) is 5.04. The maximum Gasteiger partial charge on any atom is 0.251 e. The first-order valence-electron chi connectivity index (χ1n) is 6.64. The molecule has 2 heterocycles. The lowest BCUT2D eigenvalue weighted by Crippen LogP contribution is -2.26. The van der Waals surface area contributed by atoms with E-state index in [-0.39, 0.29) is 5.91 Å². The van der Waals surface area contributed by atoms with Gasteiger partial charge >= 0.3 is 0 Å². The SMILES string of the molecule is Cc1sc(NC(=O)[C@H](C)n2ncc(Br)c2C)c(C(N)=O)c1C. The molecule has 0 unspecified atom stereocenters. The number of nitrogens with two attached hydrogens (primary N) is 1. The van der Waals surface area contributed by atoms with Crippen LogP contribution in [0.3, 0.4) is 0 Å². The Morgan fingerprint density at radius 1 is 1.41 bits per heavy atom. The second kappa shape index (κ2) is 6.21. The Kier molecular flexibility index (Phi) is 4.72. The monoisotopic (exact) mass is 384 g/mol. The van der Waals surface area contributed by atoms with E-state index in [2.05, 4.69) is 26.3 Å². The van der Waals surface area contributed by atoms with Crippen molar-refractivity contribution in [3.05, 3.63) is 32.4 Å². The number of anilines is 1. The molecule has 0 spiro atoms. The molecule has 2 aromatic heterocycles. The zero-order valence-corrected chi connectivity index (χ0v) is 15.1. The van der Waals surface area contributed by atoms with Gasteiger partial charge in [0, 0.05) is 4.88 Å². The lowest BCUT2D eigenvalue weighted by molar-refractivity contribution is -0.119. The molecule has 1 atom stereocenters. The fourth-order valence-corrected chi connectivity index (χ4v) is 3.47. The van der Waals surface area contributed by atoms with Crippen molar-refractivity contribution in [3.8, 4) is 0 Å². The van der Waals surface area contributed by atoms with Gasteiger partial charge in [-0.05, 0) is 49.2 Å². The van der Waals surface area contributed by atoms with E-state index in [9.17, 15) is 9.59 Å². The van der Waals surface area contributed by atoms with Gasteiger partial charge in [-0.3, -0.25) is 14.3 Å². The summed E-state index contributed by atoms with van der Waals surface area (Å²) in [5.74, 6) is -0.787. The van der Waals surface area contributed by atoms with E-state index < -0.39 is 11.9 Å². The molecule has 0 bridgehead atoms. The first-order chi connectivity index (χ1) is 10.2. The molecule has 0 aliphatic carbocycles. The first-order valence-corrected chi connectivity index (χ1v) is 8.25. The minimum absolute atomic E-state index is 0.248. The summed E-state index contributed by atoms with van der Waals surface area (Å²) < 4.78 is 2.46. The normalized spacial score (nSPS) is 12.2. The summed E-state index contributed by atoms with van der Waals surface area (Å²) in [6, 6.07) is -0.505. The van der Waals surface area contributed by atoms with E-state index in [0.717, 1.165) is 20.6 Å². The number of amides is 2. The Labute approximate surface area is 140 Å². The molecule has 2 aromatic rings. The number of nitrogens with zero attached hydrogens (tertiary/aromatic N) is 2. The third-order valence-corrected chi connectivity index (χ3v) is 5.50. The summed E-state index contributed by atoms with van der Waals surface area (Å²) in [7, 11) is 0. The number of hydrogen-bond donors (Lipinski definition) is 2. The Bertz CT molecular complexity index is 750. The zero-order chi connectivity index (χ0) is 16.6. The topological polar surface area (TPSA) is 90.0 Å². The number of halogens is 1. The summed E-state index contributed by atoms with van der Waals surface area (Å²) in [4.78, 5) is 25.0. The van der Waals surface area contributed by atoms with Crippen LogP contribution in [-0.4, -0.2) is 21.6 Å². The molecule has 118 valence electrons. The van der Waals surface area contributed by atoms with Crippen LogP contribution in [0.2, 0.25) is 0 Å². The minimum atomic E-state index is -0.539. The first kappa shape index (κ1) is 16.7. The van der Waals surface area contributed by atoms with E-state index in [4.69, 9.17) is 5.73 Å². The van der Waals surface area contributed by atoms with Crippen LogP contribution < -0.4 is 11.1 Å². The number of carbonyl (C=O) groups is 2.